The fourth-order valence-corrected chi connectivity index (χ4v) is 4.96. The molecule has 1 fully saturated rings. The number of nitrogens with one attached hydrogen (secondary N) is 1. The summed E-state index contributed by atoms with van der Waals surface area (Å²) in [6.07, 6.45) is 3.95. The van der Waals surface area contributed by atoms with Crippen molar-refractivity contribution >= 4 is 15.8 Å². The zero-order valence-electron chi connectivity index (χ0n) is 17.7. The first-order chi connectivity index (χ1) is 13.7. The average molecular weight is 418 g/mol. The summed E-state index contributed by atoms with van der Waals surface area (Å²) in [7, 11) is -1.31. The van der Waals surface area contributed by atoms with Crippen molar-refractivity contribution in [3.63, 3.8) is 0 Å². The number of hydrogen-bond donors (Lipinski definition) is 1. The summed E-state index contributed by atoms with van der Waals surface area (Å²) in [4.78, 5) is 6.39. The topological polar surface area (TPSA) is 79.6 Å². The molecule has 1 N–H and O–H groups in total. The molecule has 0 atom stereocenters. The highest BCUT2D eigenvalue weighted by Gasteiger charge is 2.40. The van der Waals surface area contributed by atoms with E-state index < -0.39 is 14.6 Å². The van der Waals surface area contributed by atoms with Crippen molar-refractivity contribution in [3.8, 4) is 5.69 Å². The molecule has 1 saturated heterocycles. The second kappa shape index (κ2) is 8.57. The van der Waals surface area contributed by atoms with Gasteiger partial charge in [-0.25, -0.2) is 13.1 Å². The maximum absolute atomic E-state index is 12.2. The predicted molar refractivity (Wildman–Crippen MR) is 117 cm³/mol. The Morgan fingerprint density at radius 3 is 2.66 bits per heavy atom. The van der Waals surface area contributed by atoms with E-state index in [1.54, 1.807) is 20.9 Å². The maximum atomic E-state index is 12.2. The van der Waals surface area contributed by atoms with Crippen LogP contribution >= 0.6 is 0 Å². The van der Waals surface area contributed by atoms with Gasteiger partial charge in [-0.05, 0) is 51.3 Å². The number of aliphatic imine (C=N–C) groups is 1. The van der Waals surface area contributed by atoms with Gasteiger partial charge in [-0.15, -0.1) is 0 Å². The van der Waals surface area contributed by atoms with Crippen LogP contribution in [0.5, 0.6) is 0 Å². The highest BCUT2D eigenvalue weighted by molar-refractivity contribution is 7.92. The van der Waals surface area contributed by atoms with Gasteiger partial charge >= 0.3 is 0 Å². The molecule has 1 aromatic carbocycles. The van der Waals surface area contributed by atoms with Crippen LogP contribution in [-0.4, -0.2) is 66.2 Å². The first kappa shape index (κ1) is 21.4. The number of nitrogens with zero attached hydrogens (tertiary/aromatic N) is 4. The number of aromatic nitrogens is 2. The van der Waals surface area contributed by atoms with Crippen LogP contribution in [0, 0.1) is 6.92 Å². The van der Waals surface area contributed by atoms with E-state index in [0.29, 0.717) is 13.1 Å². The molecule has 0 amide bonds. The zero-order valence-corrected chi connectivity index (χ0v) is 18.5. The van der Waals surface area contributed by atoms with Gasteiger partial charge in [-0.3, -0.25) is 4.99 Å². The van der Waals surface area contributed by atoms with Crippen molar-refractivity contribution in [3.05, 3.63) is 47.8 Å². The van der Waals surface area contributed by atoms with Gasteiger partial charge in [0.2, 0.25) is 0 Å². The number of guanidine groups is 1. The minimum absolute atomic E-state index is 0.165. The second-order valence-corrected chi connectivity index (χ2v) is 10.8. The molecule has 8 heteroatoms. The van der Waals surface area contributed by atoms with Gasteiger partial charge in [0.1, 0.15) is 0 Å². The van der Waals surface area contributed by atoms with Crippen molar-refractivity contribution in [2.24, 2.45) is 4.99 Å². The Kier molecular flexibility index (Phi) is 6.31. The molecular formula is C21H31N5O2S. The van der Waals surface area contributed by atoms with E-state index in [-0.39, 0.29) is 5.75 Å². The summed E-state index contributed by atoms with van der Waals surface area (Å²) in [6.45, 7) is 7.32. The molecule has 29 heavy (non-hydrogen) atoms. The van der Waals surface area contributed by atoms with Crippen LogP contribution in [0.3, 0.4) is 0 Å². The first-order valence-corrected chi connectivity index (χ1v) is 11.7. The molecule has 0 aliphatic carbocycles. The molecule has 3 rings (SSSR count). The third kappa shape index (κ3) is 4.80. The predicted octanol–water partition coefficient (Wildman–Crippen LogP) is 2.20. The van der Waals surface area contributed by atoms with Crippen LogP contribution in [0.4, 0.5) is 0 Å². The van der Waals surface area contributed by atoms with Crippen LogP contribution in [0.2, 0.25) is 0 Å². The monoisotopic (exact) mass is 417 g/mol. The van der Waals surface area contributed by atoms with Gasteiger partial charge < -0.3 is 10.2 Å². The van der Waals surface area contributed by atoms with Gasteiger partial charge in [0.25, 0.3) is 0 Å². The standard InChI is InChI=1S/C21H31N5O2S/c1-17-18(15-26(24-17)19-10-6-5-7-11-19)9-8-12-23-20(22-4)25-13-14-29(27,28)21(2,3)16-25/h5-7,10-11,15H,8-9,12-14,16H2,1-4H3,(H,22,23). The summed E-state index contributed by atoms with van der Waals surface area (Å²) in [5.74, 6) is 0.933. The number of hydrogen-bond acceptors (Lipinski definition) is 4. The molecule has 7 nitrogen and oxygen atoms in total. The van der Waals surface area contributed by atoms with E-state index >= 15 is 0 Å². The summed E-state index contributed by atoms with van der Waals surface area (Å²) in [5.41, 5.74) is 3.33. The Balaban J connectivity index is 1.53. The van der Waals surface area contributed by atoms with Crippen molar-refractivity contribution in [2.45, 2.75) is 38.4 Å². The lowest BCUT2D eigenvalue weighted by Crippen LogP contribution is -2.57. The average Bonchev–Trinajstić information content (AvgIpc) is 3.06. The highest BCUT2D eigenvalue weighted by atomic mass is 32.2. The molecule has 1 aliphatic heterocycles. The minimum Gasteiger partial charge on any atom is -0.356 e. The summed E-state index contributed by atoms with van der Waals surface area (Å²) in [5, 5.41) is 8.01. The lowest BCUT2D eigenvalue weighted by atomic mass is 10.1. The molecule has 1 aliphatic rings. The molecule has 0 unspecified atom stereocenters. The Morgan fingerprint density at radius 1 is 1.28 bits per heavy atom. The fourth-order valence-electron chi connectivity index (χ4n) is 3.59. The number of sulfone groups is 1. The molecular weight excluding hydrogens is 386 g/mol. The smallest absolute Gasteiger partial charge is 0.193 e. The molecule has 0 spiro atoms. The second-order valence-electron chi connectivity index (χ2n) is 8.10. The quantitative estimate of drug-likeness (QED) is 0.458. The van der Waals surface area contributed by atoms with E-state index in [4.69, 9.17) is 0 Å². The van der Waals surface area contributed by atoms with E-state index in [1.165, 1.54) is 5.56 Å². The largest absolute Gasteiger partial charge is 0.356 e. The lowest BCUT2D eigenvalue weighted by molar-refractivity contribution is 0.353. The van der Waals surface area contributed by atoms with E-state index in [1.807, 2.05) is 46.8 Å². The molecule has 0 radical (unpaired) electrons. The van der Waals surface area contributed by atoms with Gasteiger partial charge in [0, 0.05) is 32.9 Å². The van der Waals surface area contributed by atoms with Crippen molar-refractivity contribution in [1.82, 2.24) is 20.0 Å². The SMILES string of the molecule is CN=C(NCCCc1cn(-c2ccccc2)nc1C)N1CCS(=O)(=O)C(C)(C)C1. The van der Waals surface area contributed by atoms with Gasteiger partial charge in [-0.2, -0.15) is 5.10 Å². The van der Waals surface area contributed by atoms with Crippen LogP contribution in [0.25, 0.3) is 5.69 Å². The van der Waals surface area contributed by atoms with Crippen molar-refractivity contribution < 1.29 is 8.42 Å². The van der Waals surface area contributed by atoms with Crippen LogP contribution in [-0.2, 0) is 16.3 Å². The molecule has 2 heterocycles. The Bertz CT molecular complexity index is 964. The highest BCUT2D eigenvalue weighted by Crippen LogP contribution is 2.23. The number of benzene rings is 1. The third-order valence-corrected chi connectivity index (χ3v) is 8.02. The van der Waals surface area contributed by atoms with Gasteiger partial charge in [0.15, 0.2) is 15.8 Å². The molecule has 0 bridgehead atoms. The third-order valence-electron chi connectivity index (χ3n) is 5.48. The summed E-state index contributed by atoms with van der Waals surface area (Å²) in [6, 6.07) is 10.1. The normalized spacial score (nSPS) is 18.6. The molecule has 0 saturated carbocycles. The minimum atomic E-state index is -3.06. The molecule has 2 aromatic rings. The van der Waals surface area contributed by atoms with E-state index in [0.717, 1.165) is 36.7 Å². The Hall–Kier alpha value is -2.35. The van der Waals surface area contributed by atoms with Crippen molar-refractivity contribution in [1.29, 1.82) is 0 Å². The van der Waals surface area contributed by atoms with E-state index in [9.17, 15) is 8.42 Å². The molecule has 158 valence electrons. The Morgan fingerprint density at radius 2 is 2.00 bits per heavy atom. The summed E-state index contributed by atoms with van der Waals surface area (Å²) < 4.78 is 25.6. The van der Waals surface area contributed by atoms with Gasteiger partial charge in [-0.1, -0.05) is 18.2 Å². The van der Waals surface area contributed by atoms with Crippen LogP contribution in [0.1, 0.15) is 31.5 Å². The fraction of sp³-hybridized carbons (Fsp3) is 0.524. The maximum Gasteiger partial charge on any atom is 0.193 e. The van der Waals surface area contributed by atoms with E-state index in [2.05, 4.69) is 21.6 Å². The lowest BCUT2D eigenvalue weighted by Gasteiger charge is -2.39. The van der Waals surface area contributed by atoms with Gasteiger partial charge in [0.05, 0.1) is 21.9 Å². The summed E-state index contributed by atoms with van der Waals surface area (Å²) >= 11 is 0. The van der Waals surface area contributed by atoms with Crippen LogP contribution < -0.4 is 5.32 Å². The number of para-hydroxylation sites is 1. The number of aryl methyl sites for hydroxylation is 2. The van der Waals surface area contributed by atoms with Crippen molar-refractivity contribution in [2.75, 3.05) is 32.4 Å². The Labute approximate surface area is 173 Å². The first-order valence-electron chi connectivity index (χ1n) is 10.0. The van der Waals surface area contributed by atoms with Crippen LogP contribution in [0.15, 0.2) is 41.5 Å². The molecule has 1 aromatic heterocycles. The zero-order chi connectivity index (χ0) is 21.1. The number of rotatable bonds is 5.